The maximum atomic E-state index is 12.2. The van der Waals surface area contributed by atoms with E-state index < -0.39 is 0 Å². The largest absolute Gasteiger partial charge is 0.300 e. The Hall–Kier alpha value is -0.330. The van der Waals surface area contributed by atoms with Gasteiger partial charge in [0.1, 0.15) is 5.78 Å². The number of fused-ring (bicyclic) bond motifs is 2. The molecule has 2 saturated carbocycles. The van der Waals surface area contributed by atoms with Crippen LogP contribution in [0.15, 0.2) is 0 Å². The number of rotatable bonds is 5. The molecule has 0 radical (unpaired) electrons. The zero-order valence-corrected chi connectivity index (χ0v) is 12.7. The van der Waals surface area contributed by atoms with Crippen LogP contribution in [0.4, 0.5) is 0 Å². The molecule has 18 heavy (non-hydrogen) atoms. The van der Waals surface area contributed by atoms with Crippen LogP contribution in [0, 0.1) is 29.1 Å². The zero-order chi connectivity index (χ0) is 13.3. The van der Waals surface area contributed by atoms with E-state index in [4.69, 9.17) is 0 Å². The van der Waals surface area contributed by atoms with Gasteiger partial charge in [0.05, 0.1) is 0 Å². The molecule has 0 aromatic rings. The minimum atomic E-state index is 0.353. The van der Waals surface area contributed by atoms with Gasteiger partial charge in [0, 0.05) is 12.8 Å². The van der Waals surface area contributed by atoms with Crippen molar-refractivity contribution in [1.82, 2.24) is 0 Å². The lowest BCUT2D eigenvalue weighted by Gasteiger charge is -2.24. The number of Topliss-reactive ketones (excluding diaryl/α,β-unsaturated/α-hetero) is 1. The van der Waals surface area contributed by atoms with Crippen LogP contribution in [0.5, 0.6) is 0 Å². The summed E-state index contributed by atoms with van der Waals surface area (Å²) in [5.74, 6) is 3.70. The minimum Gasteiger partial charge on any atom is -0.300 e. The second-order valence-electron chi connectivity index (χ2n) is 8.25. The van der Waals surface area contributed by atoms with Crippen molar-refractivity contribution < 1.29 is 4.79 Å². The molecule has 4 atom stereocenters. The van der Waals surface area contributed by atoms with E-state index in [1.54, 1.807) is 0 Å². The number of ketones is 1. The number of hydrogen-bond donors (Lipinski definition) is 0. The minimum absolute atomic E-state index is 0.353. The molecule has 2 fully saturated rings. The first-order valence-electron chi connectivity index (χ1n) is 7.85. The number of carbonyl (C=O) groups is 1. The fraction of sp³-hybridized carbons (Fsp3) is 0.941. The van der Waals surface area contributed by atoms with E-state index in [1.807, 2.05) is 0 Å². The van der Waals surface area contributed by atoms with Crippen molar-refractivity contribution in [3.63, 3.8) is 0 Å². The van der Waals surface area contributed by atoms with E-state index in [-0.39, 0.29) is 0 Å². The second-order valence-corrected chi connectivity index (χ2v) is 8.25. The lowest BCUT2D eigenvalue weighted by atomic mass is 9.80. The highest BCUT2D eigenvalue weighted by molar-refractivity contribution is 5.78. The van der Waals surface area contributed by atoms with Gasteiger partial charge in [-0.1, -0.05) is 34.1 Å². The van der Waals surface area contributed by atoms with E-state index in [2.05, 4.69) is 27.7 Å². The van der Waals surface area contributed by atoms with Gasteiger partial charge in [-0.25, -0.2) is 0 Å². The molecule has 0 aromatic heterocycles. The second kappa shape index (κ2) is 5.35. The Bertz CT molecular complexity index is 299. The molecule has 0 aliphatic heterocycles. The summed E-state index contributed by atoms with van der Waals surface area (Å²) in [7, 11) is 0. The van der Waals surface area contributed by atoms with Gasteiger partial charge in [-0.2, -0.15) is 0 Å². The fourth-order valence-corrected chi connectivity index (χ4v) is 4.51. The van der Waals surface area contributed by atoms with E-state index >= 15 is 0 Å². The van der Waals surface area contributed by atoms with Gasteiger partial charge in [0.15, 0.2) is 0 Å². The zero-order valence-electron chi connectivity index (χ0n) is 12.7. The third-order valence-electron chi connectivity index (χ3n) is 4.91. The Labute approximate surface area is 113 Å². The first kappa shape index (κ1) is 14.1. The summed E-state index contributed by atoms with van der Waals surface area (Å²) in [5, 5.41) is 0. The fourth-order valence-electron chi connectivity index (χ4n) is 4.51. The van der Waals surface area contributed by atoms with Crippen molar-refractivity contribution >= 4 is 5.78 Å². The van der Waals surface area contributed by atoms with Crippen LogP contribution in [0.1, 0.15) is 72.6 Å². The summed E-state index contributed by atoms with van der Waals surface area (Å²) in [6, 6.07) is 0. The summed E-state index contributed by atoms with van der Waals surface area (Å²) in [6.45, 7) is 9.04. The van der Waals surface area contributed by atoms with Gasteiger partial charge in [0.25, 0.3) is 0 Å². The van der Waals surface area contributed by atoms with Gasteiger partial charge in [0.2, 0.25) is 0 Å². The van der Waals surface area contributed by atoms with Crippen molar-refractivity contribution in [2.45, 2.75) is 72.6 Å². The molecular formula is C17H30O. The Morgan fingerprint density at radius 3 is 2.44 bits per heavy atom. The van der Waals surface area contributed by atoms with Crippen LogP contribution in [0.3, 0.4) is 0 Å². The van der Waals surface area contributed by atoms with Crippen LogP contribution in [0.2, 0.25) is 0 Å². The van der Waals surface area contributed by atoms with Crippen LogP contribution in [-0.4, -0.2) is 5.78 Å². The van der Waals surface area contributed by atoms with Crippen LogP contribution < -0.4 is 0 Å². The van der Waals surface area contributed by atoms with Gasteiger partial charge in [-0.3, -0.25) is 4.79 Å². The third-order valence-corrected chi connectivity index (χ3v) is 4.91. The SMILES string of the molecule is CC(CC(=O)CC1CC2CCC1C2)CC(C)(C)C. The molecule has 0 saturated heterocycles. The molecule has 0 amide bonds. The standard InChI is InChI=1S/C17H30O/c1-12(11-17(2,3)4)7-16(18)10-15-9-13-5-6-14(15)8-13/h12-15H,5-11H2,1-4H3. The van der Waals surface area contributed by atoms with Crippen molar-refractivity contribution in [3.8, 4) is 0 Å². The molecule has 0 heterocycles. The first-order chi connectivity index (χ1) is 8.33. The topological polar surface area (TPSA) is 17.1 Å². The van der Waals surface area contributed by atoms with E-state index in [0.29, 0.717) is 17.1 Å². The number of hydrogen-bond acceptors (Lipinski definition) is 1. The smallest absolute Gasteiger partial charge is 0.133 e. The molecule has 0 N–H and O–H groups in total. The van der Waals surface area contributed by atoms with Crippen molar-refractivity contribution in [2.75, 3.05) is 0 Å². The summed E-state index contributed by atoms with van der Waals surface area (Å²) in [6.07, 6.45) is 8.48. The van der Waals surface area contributed by atoms with Gasteiger partial charge < -0.3 is 0 Å². The molecule has 104 valence electrons. The molecule has 0 spiro atoms. The Morgan fingerprint density at radius 1 is 1.22 bits per heavy atom. The van der Waals surface area contributed by atoms with Crippen LogP contribution in [-0.2, 0) is 4.79 Å². The molecular weight excluding hydrogens is 220 g/mol. The average Bonchev–Trinajstić information content (AvgIpc) is 2.74. The van der Waals surface area contributed by atoms with Crippen LogP contribution in [0.25, 0.3) is 0 Å². The quantitative estimate of drug-likeness (QED) is 0.682. The van der Waals surface area contributed by atoms with Gasteiger partial charge in [-0.15, -0.1) is 0 Å². The predicted octanol–water partition coefficient (Wildman–Crippen LogP) is 4.84. The first-order valence-corrected chi connectivity index (χ1v) is 7.85. The lowest BCUT2D eigenvalue weighted by Crippen LogP contribution is -2.18. The van der Waals surface area contributed by atoms with E-state index in [0.717, 1.165) is 37.0 Å². The van der Waals surface area contributed by atoms with E-state index in [1.165, 1.54) is 25.7 Å². The van der Waals surface area contributed by atoms with Crippen molar-refractivity contribution in [3.05, 3.63) is 0 Å². The normalized spacial score (nSPS) is 32.8. The van der Waals surface area contributed by atoms with Gasteiger partial charge >= 0.3 is 0 Å². The average molecular weight is 250 g/mol. The maximum absolute atomic E-state index is 12.2. The maximum Gasteiger partial charge on any atom is 0.133 e. The summed E-state index contributed by atoms with van der Waals surface area (Å²) >= 11 is 0. The highest BCUT2D eigenvalue weighted by Gasteiger charge is 2.40. The molecule has 2 rings (SSSR count). The Kier molecular flexibility index (Phi) is 4.18. The molecule has 1 heteroatoms. The van der Waals surface area contributed by atoms with Crippen molar-refractivity contribution in [2.24, 2.45) is 29.1 Å². The molecule has 2 aliphatic rings. The highest BCUT2D eigenvalue weighted by Crippen LogP contribution is 2.49. The summed E-state index contributed by atoms with van der Waals surface area (Å²) in [5.41, 5.74) is 0.353. The van der Waals surface area contributed by atoms with Gasteiger partial charge in [-0.05, 0) is 54.8 Å². The summed E-state index contributed by atoms with van der Waals surface area (Å²) < 4.78 is 0. The van der Waals surface area contributed by atoms with E-state index in [9.17, 15) is 4.79 Å². The lowest BCUT2D eigenvalue weighted by molar-refractivity contribution is -0.121. The predicted molar refractivity (Wildman–Crippen MR) is 76.4 cm³/mol. The Balaban J connectivity index is 1.72. The van der Waals surface area contributed by atoms with Crippen LogP contribution >= 0.6 is 0 Å². The number of carbonyl (C=O) groups excluding carboxylic acids is 1. The summed E-state index contributed by atoms with van der Waals surface area (Å²) in [4.78, 5) is 12.2. The molecule has 1 nitrogen and oxygen atoms in total. The highest BCUT2D eigenvalue weighted by atomic mass is 16.1. The Morgan fingerprint density at radius 2 is 1.94 bits per heavy atom. The van der Waals surface area contributed by atoms with Crippen molar-refractivity contribution in [1.29, 1.82) is 0 Å². The molecule has 2 aliphatic carbocycles. The molecule has 0 aromatic carbocycles. The molecule has 2 bridgehead atoms. The third kappa shape index (κ3) is 3.83. The monoisotopic (exact) mass is 250 g/mol. The molecule has 4 unspecified atom stereocenters.